The van der Waals surface area contributed by atoms with E-state index in [2.05, 4.69) is 39.2 Å². The van der Waals surface area contributed by atoms with Gasteiger partial charge in [0.05, 0.1) is 6.54 Å². The van der Waals surface area contributed by atoms with E-state index in [1.54, 1.807) is 14.2 Å². The second-order valence-electron chi connectivity index (χ2n) is 7.67. The Morgan fingerprint density at radius 1 is 1.12 bits per heavy atom. The monoisotopic (exact) mass is 367 g/mol. The highest BCUT2D eigenvalue weighted by Crippen LogP contribution is 2.36. The van der Waals surface area contributed by atoms with Crippen molar-refractivity contribution in [2.24, 2.45) is 0 Å². The zero-order chi connectivity index (χ0) is 19.1. The van der Waals surface area contributed by atoms with Crippen molar-refractivity contribution in [3.05, 3.63) is 35.4 Å². The Balaban J connectivity index is 2.50. The molecule has 0 fully saturated rings. The summed E-state index contributed by atoms with van der Waals surface area (Å²) in [6.07, 6.45) is 0.416. The molecule has 25 heavy (non-hydrogen) atoms. The van der Waals surface area contributed by atoms with Crippen molar-refractivity contribution in [1.82, 2.24) is 5.32 Å². The van der Waals surface area contributed by atoms with E-state index < -0.39 is 14.6 Å². The van der Waals surface area contributed by atoms with Gasteiger partial charge in [-0.15, -0.1) is 0 Å². The number of methoxy groups -OCH3 is 2. The van der Waals surface area contributed by atoms with Crippen molar-refractivity contribution in [1.29, 1.82) is 0 Å². The van der Waals surface area contributed by atoms with Crippen molar-refractivity contribution in [2.45, 2.75) is 51.6 Å². The summed E-state index contributed by atoms with van der Waals surface area (Å²) in [6, 6.07) is 7.64. The molecule has 0 saturated heterocycles. The first-order valence-electron chi connectivity index (χ1n) is 8.67. The molecule has 0 atom stereocenters. The predicted octanol–water partition coefficient (Wildman–Crippen LogP) is 3.60. The summed E-state index contributed by atoms with van der Waals surface area (Å²) in [5.41, 5.74) is 1.79. The number of nitrogens with one attached hydrogen (secondary N) is 1. The van der Waals surface area contributed by atoms with Gasteiger partial charge in [0.15, 0.2) is 14.6 Å². The SMILES string of the molecule is COC(CNC(=O)c1ccc(CCO[Si](C)(C)C(C)(C)C)cc1)OC. The number of amides is 1. The van der Waals surface area contributed by atoms with Crippen LogP contribution in [0.3, 0.4) is 0 Å². The normalized spacial score (nSPS) is 12.5. The summed E-state index contributed by atoms with van der Waals surface area (Å²) in [7, 11) is 1.38. The van der Waals surface area contributed by atoms with Gasteiger partial charge in [0.1, 0.15) is 0 Å². The highest BCUT2D eigenvalue weighted by Gasteiger charge is 2.36. The average Bonchev–Trinajstić information content (AvgIpc) is 2.55. The lowest BCUT2D eigenvalue weighted by Crippen LogP contribution is -2.41. The lowest BCUT2D eigenvalue weighted by atomic mass is 10.1. The average molecular weight is 368 g/mol. The van der Waals surface area contributed by atoms with E-state index in [0.717, 1.165) is 6.42 Å². The van der Waals surface area contributed by atoms with Gasteiger partial charge in [-0.2, -0.15) is 0 Å². The van der Waals surface area contributed by atoms with Crippen molar-refractivity contribution in [2.75, 3.05) is 27.4 Å². The van der Waals surface area contributed by atoms with Gasteiger partial charge in [-0.25, -0.2) is 0 Å². The molecule has 6 heteroatoms. The maximum Gasteiger partial charge on any atom is 0.251 e. The van der Waals surface area contributed by atoms with E-state index in [0.29, 0.717) is 18.7 Å². The van der Waals surface area contributed by atoms with Crippen LogP contribution in [0.5, 0.6) is 0 Å². The summed E-state index contributed by atoms with van der Waals surface area (Å²) in [6.45, 7) is 12.3. The summed E-state index contributed by atoms with van der Waals surface area (Å²) in [4.78, 5) is 12.1. The number of carbonyl (C=O) groups is 1. The third-order valence-electron chi connectivity index (χ3n) is 4.83. The Labute approximate surface area is 153 Å². The van der Waals surface area contributed by atoms with Gasteiger partial charge < -0.3 is 19.2 Å². The second kappa shape index (κ2) is 9.47. The van der Waals surface area contributed by atoms with E-state index in [1.165, 1.54) is 5.56 Å². The van der Waals surface area contributed by atoms with E-state index in [4.69, 9.17) is 13.9 Å². The standard InChI is InChI=1S/C19H33NO4Si/c1-19(2,3)25(6,7)24-13-12-15-8-10-16(11-9-15)18(21)20-14-17(22-4)23-5/h8-11,17H,12-14H2,1-7H3,(H,20,21). The Morgan fingerprint density at radius 2 is 1.68 bits per heavy atom. The first kappa shape index (κ1) is 21.8. The fraction of sp³-hybridized carbons (Fsp3) is 0.632. The number of benzene rings is 1. The molecule has 0 bridgehead atoms. The van der Waals surface area contributed by atoms with E-state index >= 15 is 0 Å². The van der Waals surface area contributed by atoms with Crippen LogP contribution in [0.25, 0.3) is 0 Å². The summed E-state index contributed by atoms with van der Waals surface area (Å²) in [5.74, 6) is -0.136. The zero-order valence-electron chi connectivity index (χ0n) is 16.6. The molecule has 142 valence electrons. The van der Waals surface area contributed by atoms with E-state index in [-0.39, 0.29) is 10.9 Å². The number of carbonyl (C=O) groups excluding carboxylic acids is 1. The van der Waals surface area contributed by atoms with Crippen LogP contribution < -0.4 is 5.32 Å². The zero-order valence-corrected chi connectivity index (χ0v) is 17.6. The molecule has 0 unspecified atom stereocenters. The molecular weight excluding hydrogens is 334 g/mol. The predicted molar refractivity (Wildman–Crippen MR) is 103 cm³/mol. The molecule has 0 aliphatic rings. The Bertz CT molecular complexity index is 533. The van der Waals surface area contributed by atoms with Gasteiger partial charge in [0.2, 0.25) is 0 Å². The van der Waals surface area contributed by atoms with E-state index in [1.807, 2.05) is 24.3 Å². The van der Waals surface area contributed by atoms with Gasteiger partial charge in [0.25, 0.3) is 5.91 Å². The van der Waals surface area contributed by atoms with Crippen LogP contribution >= 0.6 is 0 Å². The van der Waals surface area contributed by atoms with Crippen LogP contribution in [0.1, 0.15) is 36.7 Å². The van der Waals surface area contributed by atoms with Crippen LogP contribution in [0.2, 0.25) is 18.1 Å². The van der Waals surface area contributed by atoms with Gasteiger partial charge in [-0.05, 0) is 42.2 Å². The largest absolute Gasteiger partial charge is 0.416 e. The number of rotatable bonds is 9. The summed E-state index contributed by atoms with van der Waals surface area (Å²) >= 11 is 0. The lowest BCUT2D eigenvalue weighted by Gasteiger charge is -2.36. The highest BCUT2D eigenvalue weighted by molar-refractivity contribution is 6.74. The van der Waals surface area contributed by atoms with Gasteiger partial charge in [0, 0.05) is 26.4 Å². The fourth-order valence-corrected chi connectivity index (χ4v) is 3.05. The maximum absolute atomic E-state index is 12.1. The smallest absolute Gasteiger partial charge is 0.251 e. The Kier molecular flexibility index (Phi) is 8.27. The highest BCUT2D eigenvalue weighted by atomic mass is 28.4. The molecule has 5 nitrogen and oxygen atoms in total. The number of ether oxygens (including phenoxy) is 2. The van der Waals surface area contributed by atoms with Crippen molar-refractivity contribution in [3.8, 4) is 0 Å². The van der Waals surface area contributed by atoms with Crippen LogP contribution in [-0.2, 0) is 20.3 Å². The minimum atomic E-state index is -1.70. The number of hydrogen-bond donors (Lipinski definition) is 1. The molecule has 0 heterocycles. The van der Waals surface area contributed by atoms with Gasteiger partial charge >= 0.3 is 0 Å². The Morgan fingerprint density at radius 3 is 2.16 bits per heavy atom. The van der Waals surface area contributed by atoms with Crippen LogP contribution in [-0.4, -0.2) is 47.9 Å². The third kappa shape index (κ3) is 6.90. The first-order valence-corrected chi connectivity index (χ1v) is 11.6. The minimum Gasteiger partial charge on any atom is -0.416 e. The van der Waals surface area contributed by atoms with Crippen molar-refractivity contribution >= 4 is 14.2 Å². The fourth-order valence-electron chi connectivity index (χ4n) is 2.00. The molecule has 1 amide bonds. The molecule has 1 aromatic rings. The molecule has 0 aromatic heterocycles. The third-order valence-corrected chi connectivity index (χ3v) is 9.37. The molecule has 0 radical (unpaired) electrons. The number of hydrogen-bond acceptors (Lipinski definition) is 4. The second-order valence-corrected chi connectivity index (χ2v) is 12.5. The molecule has 0 spiro atoms. The molecular formula is C19H33NO4Si. The molecule has 1 N–H and O–H groups in total. The van der Waals surface area contributed by atoms with Crippen molar-refractivity contribution < 1.29 is 18.7 Å². The van der Waals surface area contributed by atoms with Crippen molar-refractivity contribution in [3.63, 3.8) is 0 Å². The summed E-state index contributed by atoms with van der Waals surface area (Å²) < 4.78 is 16.3. The molecule has 1 aromatic carbocycles. The molecule has 1 rings (SSSR count). The van der Waals surface area contributed by atoms with Crippen LogP contribution in [0, 0.1) is 0 Å². The van der Waals surface area contributed by atoms with Gasteiger partial charge in [-0.1, -0.05) is 32.9 Å². The lowest BCUT2D eigenvalue weighted by molar-refractivity contribution is -0.0974. The van der Waals surface area contributed by atoms with Crippen LogP contribution in [0.4, 0.5) is 0 Å². The summed E-state index contributed by atoms with van der Waals surface area (Å²) in [5, 5.41) is 3.01. The van der Waals surface area contributed by atoms with Gasteiger partial charge in [-0.3, -0.25) is 4.79 Å². The first-order chi connectivity index (χ1) is 11.6. The molecule has 0 saturated carbocycles. The molecule has 0 aliphatic carbocycles. The maximum atomic E-state index is 12.1. The van der Waals surface area contributed by atoms with Crippen LogP contribution in [0.15, 0.2) is 24.3 Å². The topological polar surface area (TPSA) is 56.8 Å². The van der Waals surface area contributed by atoms with E-state index in [9.17, 15) is 4.79 Å². The molecule has 0 aliphatic heterocycles. The minimum absolute atomic E-state index is 0.136. The quantitative estimate of drug-likeness (QED) is 0.535. The Hall–Kier alpha value is -1.21.